The van der Waals surface area contributed by atoms with E-state index in [4.69, 9.17) is 10.5 Å². The summed E-state index contributed by atoms with van der Waals surface area (Å²) in [7, 11) is 0. The zero-order valence-corrected chi connectivity index (χ0v) is 13.5. The molecule has 0 radical (unpaired) electrons. The third kappa shape index (κ3) is 3.00. The van der Waals surface area contributed by atoms with Gasteiger partial charge in [-0.1, -0.05) is 42.5 Å². The Kier molecular flexibility index (Phi) is 4.46. The molecule has 0 fully saturated rings. The van der Waals surface area contributed by atoms with E-state index in [1.807, 2.05) is 62.4 Å². The van der Waals surface area contributed by atoms with Gasteiger partial charge in [-0.25, -0.2) is 0 Å². The molecule has 0 bridgehead atoms. The normalized spacial score (nSPS) is 17.0. The fraction of sp³-hybridized carbons (Fsp3) is 0.316. The van der Waals surface area contributed by atoms with Crippen LogP contribution in [-0.2, 0) is 9.53 Å². The molecule has 2 N–H and O–H groups in total. The van der Waals surface area contributed by atoms with Crippen LogP contribution in [-0.4, -0.2) is 25.2 Å². The topological polar surface area (TPSA) is 55.6 Å². The third-order valence-electron chi connectivity index (χ3n) is 4.08. The molecule has 3 rings (SSSR count). The largest absolute Gasteiger partial charge is 0.377 e. The quantitative estimate of drug-likeness (QED) is 0.944. The second-order valence-electron chi connectivity index (χ2n) is 5.99. The van der Waals surface area contributed by atoms with Crippen LogP contribution in [0.5, 0.6) is 0 Å². The maximum absolute atomic E-state index is 12.9. The van der Waals surface area contributed by atoms with Crippen molar-refractivity contribution in [2.45, 2.75) is 26.0 Å². The van der Waals surface area contributed by atoms with Gasteiger partial charge < -0.3 is 15.4 Å². The predicted molar refractivity (Wildman–Crippen MR) is 92.2 cm³/mol. The zero-order valence-electron chi connectivity index (χ0n) is 13.5. The van der Waals surface area contributed by atoms with Crippen LogP contribution in [0, 0.1) is 0 Å². The molecular weight excluding hydrogens is 288 g/mol. The van der Waals surface area contributed by atoms with E-state index in [9.17, 15) is 4.79 Å². The highest BCUT2D eigenvalue weighted by Crippen LogP contribution is 2.39. The number of carbonyl (C=O) groups excluding carboxylic acids is 1. The molecule has 1 amide bonds. The molecule has 2 aromatic carbocycles. The molecule has 0 saturated heterocycles. The minimum Gasteiger partial charge on any atom is -0.377 e. The number of amides is 1. The van der Waals surface area contributed by atoms with Crippen molar-refractivity contribution >= 4 is 11.6 Å². The Bertz CT molecular complexity index is 712. The number of ether oxygens (including phenoxy) is 1. The Morgan fingerprint density at radius 3 is 2.48 bits per heavy atom. The summed E-state index contributed by atoms with van der Waals surface area (Å²) in [6, 6.07) is 15.1. The SMILES string of the molecule is CC(C)OCCN1C(=O)[C@@H](N)c2ccccc2-c2ccccc21. The lowest BCUT2D eigenvalue weighted by Gasteiger charge is -2.25. The summed E-state index contributed by atoms with van der Waals surface area (Å²) in [4.78, 5) is 14.6. The number of nitrogens with zero attached hydrogens (tertiary/aromatic N) is 1. The molecule has 0 saturated carbocycles. The monoisotopic (exact) mass is 310 g/mol. The first kappa shape index (κ1) is 15.7. The van der Waals surface area contributed by atoms with Crippen LogP contribution in [0.25, 0.3) is 11.1 Å². The summed E-state index contributed by atoms with van der Waals surface area (Å²) in [5.41, 5.74) is 10.1. The van der Waals surface area contributed by atoms with E-state index in [1.54, 1.807) is 4.90 Å². The van der Waals surface area contributed by atoms with Crippen molar-refractivity contribution in [3.05, 3.63) is 54.1 Å². The molecule has 23 heavy (non-hydrogen) atoms. The van der Waals surface area contributed by atoms with E-state index in [0.29, 0.717) is 13.2 Å². The number of carbonyl (C=O) groups is 1. The lowest BCUT2D eigenvalue weighted by Crippen LogP contribution is -2.40. The average molecular weight is 310 g/mol. The highest BCUT2D eigenvalue weighted by molar-refractivity contribution is 6.04. The first-order chi connectivity index (χ1) is 11.1. The smallest absolute Gasteiger partial charge is 0.248 e. The van der Waals surface area contributed by atoms with Gasteiger partial charge in [-0.05, 0) is 31.0 Å². The van der Waals surface area contributed by atoms with Gasteiger partial charge in [0, 0.05) is 12.1 Å². The molecule has 4 heteroatoms. The molecule has 1 aliphatic heterocycles. The average Bonchev–Trinajstić information content (AvgIpc) is 2.65. The second-order valence-corrected chi connectivity index (χ2v) is 5.99. The Morgan fingerprint density at radius 2 is 1.74 bits per heavy atom. The lowest BCUT2D eigenvalue weighted by molar-refractivity contribution is -0.120. The standard InChI is InChI=1S/C19H22N2O2/c1-13(2)23-12-11-21-17-10-6-5-8-15(17)14-7-3-4-9-16(14)18(20)19(21)22/h3-10,13,18H,11-12,20H2,1-2H3/t18-/m0/s1. The van der Waals surface area contributed by atoms with Gasteiger partial charge in [0.15, 0.2) is 0 Å². The van der Waals surface area contributed by atoms with Crippen LogP contribution < -0.4 is 10.6 Å². The van der Waals surface area contributed by atoms with Crippen molar-refractivity contribution in [2.24, 2.45) is 5.73 Å². The Morgan fingerprint density at radius 1 is 1.09 bits per heavy atom. The molecule has 4 nitrogen and oxygen atoms in total. The van der Waals surface area contributed by atoms with Gasteiger partial charge in [-0.3, -0.25) is 4.79 Å². The molecule has 0 aromatic heterocycles. The number of nitrogens with two attached hydrogens (primary N) is 1. The maximum Gasteiger partial charge on any atom is 0.248 e. The van der Waals surface area contributed by atoms with Crippen LogP contribution in [0.1, 0.15) is 25.5 Å². The molecule has 2 aromatic rings. The number of fused-ring (bicyclic) bond motifs is 3. The molecule has 1 atom stereocenters. The van der Waals surface area contributed by atoms with Gasteiger partial charge in [0.05, 0.1) is 18.4 Å². The van der Waals surface area contributed by atoms with Gasteiger partial charge in [0.2, 0.25) is 5.91 Å². The van der Waals surface area contributed by atoms with E-state index in [1.165, 1.54) is 0 Å². The maximum atomic E-state index is 12.9. The zero-order chi connectivity index (χ0) is 16.4. The van der Waals surface area contributed by atoms with E-state index in [-0.39, 0.29) is 12.0 Å². The van der Waals surface area contributed by atoms with E-state index < -0.39 is 6.04 Å². The van der Waals surface area contributed by atoms with Gasteiger partial charge in [-0.15, -0.1) is 0 Å². The molecular formula is C19H22N2O2. The second kappa shape index (κ2) is 6.52. The van der Waals surface area contributed by atoms with Crippen LogP contribution in [0.3, 0.4) is 0 Å². The molecule has 1 heterocycles. The predicted octanol–water partition coefficient (Wildman–Crippen LogP) is 3.13. The van der Waals surface area contributed by atoms with Crippen LogP contribution in [0.2, 0.25) is 0 Å². The summed E-state index contributed by atoms with van der Waals surface area (Å²) in [5, 5.41) is 0. The Balaban J connectivity index is 2.04. The van der Waals surface area contributed by atoms with Crippen molar-refractivity contribution in [1.82, 2.24) is 0 Å². The van der Waals surface area contributed by atoms with Crippen LogP contribution in [0.15, 0.2) is 48.5 Å². The van der Waals surface area contributed by atoms with Crippen LogP contribution in [0.4, 0.5) is 5.69 Å². The van der Waals surface area contributed by atoms with Gasteiger partial charge in [0.1, 0.15) is 6.04 Å². The molecule has 1 aliphatic rings. The third-order valence-corrected chi connectivity index (χ3v) is 4.08. The Labute approximate surface area is 136 Å². The number of benzene rings is 2. The van der Waals surface area contributed by atoms with Crippen molar-refractivity contribution < 1.29 is 9.53 Å². The summed E-state index contributed by atoms with van der Waals surface area (Å²) in [5.74, 6) is -0.0882. The first-order valence-corrected chi connectivity index (χ1v) is 7.96. The van der Waals surface area contributed by atoms with E-state index in [0.717, 1.165) is 22.4 Å². The molecule has 0 spiro atoms. The highest BCUT2D eigenvalue weighted by atomic mass is 16.5. The summed E-state index contributed by atoms with van der Waals surface area (Å²) >= 11 is 0. The summed E-state index contributed by atoms with van der Waals surface area (Å²) < 4.78 is 5.63. The van der Waals surface area contributed by atoms with Crippen LogP contribution >= 0.6 is 0 Å². The number of para-hydroxylation sites is 1. The highest BCUT2D eigenvalue weighted by Gasteiger charge is 2.31. The minimum absolute atomic E-state index is 0.0882. The summed E-state index contributed by atoms with van der Waals surface area (Å²) in [6.07, 6.45) is 0.137. The van der Waals surface area contributed by atoms with Gasteiger partial charge in [-0.2, -0.15) is 0 Å². The van der Waals surface area contributed by atoms with Gasteiger partial charge >= 0.3 is 0 Å². The number of hydrogen-bond acceptors (Lipinski definition) is 3. The Hall–Kier alpha value is -2.17. The van der Waals surface area contributed by atoms with Crippen molar-refractivity contribution in [2.75, 3.05) is 18.1 Å². The van der Waals surface area contributed by atoms with Crippen molar-refractivity contribution in [1.29, 1.82) is 0 Å². The molecule has 120 valence electrons. The van der Waals surface area contributed by atoms with Crippen molar-refractivity contribution in [3.63, 3.8) is 0 Å². The van der Waals surface area contributed by atoms with Gasteiger partial charge in [0.25, 0.3) is 0 Å². The fourth-order valence-electron chi connectivity index (χ4n) is 2.98. The molecule has 0 unspecified atom stereocenters. The number of hydrogen-bond donors (Lipinski definition) is 1. The number of anilines is 1. The van der Waals surface area contributed by atoms with E-state index in [2.05, 4.69) is 0 Å². The van der Waals surface area contributed by atoms with Crippen molar-refractivity contribution in [3.8, 4) is 11.1 Å². The number of rotatable bonds is 4. The van der Waals surface area contributed by atoms with E-state index >= 15 is 0 Å². The molecule has 0 aliphatic carbocycles. The lowest BCUT2D eigenvalue weighted by atomic mass is 9.96. The minimum atomic E-state index is -0.655. The first-order valence-electron chi connectivity index (χ1n) is 7.96. The summed E-state index contributed by atoms with van der Waals surface area (Å²) in [6.45, 7) is 4.95. The fourth-order valence-corrected chi connectivity index (χ4v) is 2.98.